The molecule has 18 heavy (non-hydrogen) atoms. The van der Waals surface area contributed by atoms with Gasteiger partial charge in [-0.25, -0.2) is 0 Å². The maximum atomic E-state index is 11.5. The molecule has 0 amide bonds. The molecular weight excluding hydrogens is 248 g/mol. The summed E-state index contributed by atoms with van der Waals surface area (Å²) in [5.41, 5.74) is 7.54. The van der Waals surface area contributed by atoms with Crippen LogP contribution in [0.5, 0.6) is 0 Å². The van der Waals surface area contributed by atoms with Gasteiger partial charge in [0.2, 0.25) is 0 Å². The van der Waals surface area contributed by atoms with E-state index in [0.717, 1.165) is 17.5 Å². The molecule has 2 N–H and O–H groups in total. The van der Waals surface area contributed by atoms with E-state index in [1.165, 1.54) is 0 Å². The minimum atomic E-state index is -0.140. The second-order valence-corrected chi connectivity index (χ2v) is 4.89. The third-order valence-electron chi connectivity index (χ3n) is 3.08. The van der Waals surface area contributed by atoms with Gasteiger partial charge in [-0.2, -0.15) is 0 Å². The lowest BCUT2D eigenvalue weighted by Gasteiger charge is -2.21. The van der Waals surface area contributed by atoms with Crippen LogP contribution in [0.4, 0.5) is 0 Å². The van der Waals surface area contributed by atoms with Crippen LogP contribution in [0.1, 0.15) is 17.5 Å². The number of carbonyl (C=O) groups excluding carboxylic acids is 1. The molecule has 4 nitrogen and oxygen atoms in total. The van der Waals surface area contributed by atoms with E-state index in [0.29, 0.717) is 18.1 Å². The van der Waals surface area contributed by atoms with Crippen molar-refractivity contribution in [3.8, 4) is 0 Å². The van der Waals surface area contributed by atoms with Crippen molar-refractivity contribution in [2.24, 2.45) is 5.73 Å². The van der Waals surface area contributed by atoms with Crippen molar-refractivity contribution in [1.82, 2.24) is 4.90 Å². The zero-order valence-corrected chi connectivity index (χ0v) is 11.1. The molecule has 2 rings (SSSR count). The van der Waals surface area contributed by atoms with Crippen molar-refractivity contribution in [1.29, 1.82) is 0 Å². The first-order chi connectivity index (χ1) is 8.58. The van der Waals surface area contributed by atoms with Crippen LogP contribution in [0, 0.1) is 0 Å². The van der Waals surface area contributed by atoms with E-state index in [4.69, 9.17) is 22.7 Å². The fraction of sp³-hybridized carbons (Fsp3) is 0.385. The summed E-state index contributed by atoms with van der Waals surface area (Å²) in [4.78, 5) is 13.9. The van der Waals surface area contributed by atoms with Gasteiger partial charge in [0.05, 0.1) is 6.61 Å². The zero-order valence-electron chi connectivity index (χ0n) is 10.3. The summed E-state index contributed by atoms with van der Waals surface area (Å²) in [5.74, 6) is -0.136. The molecule has 1 atom stereocenters. The Labute approximate surface area is 112 Å². The maximum Gasteiger partial charge on any atom is 0.323 e. The number of cyclic esters (lactones) is 1. The second-order valence-electron chi connectivity index (χ2n) is 4.45. The predicted octanol–water partition coefficient (Wildman–Crippen LogP) is 1.07. The predicted molar refractivity (Wildman–Crippen MR) is 73.2 cm³/mol. The minimum absolute atomic E-state index is 0.136. The Balaban J connectivity index is 2.06. The topological polar surface area (TPSA) is 55.6 Å². The minimum Gasteiger partial charge on any atom is -0.464 e. The van der Waals surface area contributed by atoms with E-state index < -0.39 is 0 Å². The molecule has 0 aromatic heterocycles. The van der Waals surface area contributed by atoms with Gasteiger partial charge in [-0.3, -0.25) is 9.69 Å². The van der Waals surface area contributed by atoms with Gasteiger partial charge >= 0.3 is 5.97 Å². The Bertz CT molecular complexity index is 476. The number of likely N-dealkylation sites (N-methyl/N-ethyl adjacent to an activating group) is 1. The van der Waals surface area contributed by atoms with Gasteiger partial charge in [-0.15, -0.1) is 0 Å². The summed E-state index contributed by atoms with van der Waals surface area (Å²) in [6.07, 6.45) is 0.754. The highest BCUT2D eigenvalue weighted by atomic mass is 32.1. The van der Waals surface area contributed by atoms with Crippen LogP contribution >= 0.6 is 12.2 Å². The molecule has 0 radical (unpaired) electrons. The standard InChI is InChI=1S/C13H16N2O2S/c1-15(11-5-6-17-13(11)16)8-9-3-2-4-10(7-9)12(14)18/h2-4,7,11H,5-6,8H2,1H3,(H2,14,18). The maximum absolute atomic E-state index is 11.5. The molecule has 0 bridgehead atoms. The normalized spacial score (nSPS) is 19.0. The number of benzene rings is 1. The number of hydrogen-bond donors (Lipinski definition) is 1. The number of rotatable bonds is 4. The van der Waals surface area contributed by atoms with Gasteiger partial charge in [0.1, 0.15) is 11.0 Å². The average Bonchev–Trinajstić information content (AvgIpc) is 2.76. The van der Waals surface area contributed by atoms with E-state index in [9.17, 15) is 4.79 Å². The van der Waals surface area contributed by atoms with Gasteiger partial charge in [-0.05, 0) is 18.7 Å². The summed E-state index contributed by atoms with van der Waals surface area (Å²) >= 11 is 4.95. The van der Waals surface area contributed by atoms with E-state index in [1.54, 1.807) is 0 Å². The average molecular weight is 264 g/mol. The highest BCUT2D eigenvalue weighted by Crippen LogP contribution is 2.16. The van der Waals surface area contributed by atoms with Crippen molar-refractivity contribution in [2.75, 3.05) is 13.7 Å². The van der Waals surface area contributed by atoms with E-state index >= 15 is 0 Å². The van der Waals surface area contributed by atoms with Crippen molar-refractivity contribution in [3.63, 3.8) is 0 Å². The van der Waals surface area contributed by atoms with Crippen LogP contribution < -0.4 is 5.73 Å². The molecule has 1 unspecified atom stereocenters. The molecule has 0 aliphatic carbocycles. The molecular formula is C13H16N2O2S. The first kappa shape index (κ1) is 13.0. The van der Waals surface area contributed by atoms with Crippen LogP contribution in [0.25, 0.3) is 0 Å². The quantitative estimate of drug-likeness (QED) is 0.651. The summed E-state index contributed by atoms with van der Waals surface area (Å²) in [6.45, 7) is 1.19. The van der Waals surface area contributed by atoms with Crippen LogP contribution in [0.2, 0.25) is 0 Å². The van der Waals surface area contributed by atoms with Crippen LogP contribution in [0.15, 0.2) is 24.3 Å². The summed E-state index contributed by atoms with van der Waals surface area (Å²) in [7, 11) is 1.92. The molecule has 1 aromatic carbocycles. The third-order valence-corrected chi connectivity index (χ3v) is 3.32. The highest BCUT2D eigenvalue weighted by molar-refractivity contribution is 7.80. The molecule has 1 aliphatic heterocycles. The molecule has 1 aromatic rings. The smallest absolute Gasteiger partial charge is 0.323 e. The number of carbonyl (C=O) groups is 1. The molecule has 1 aliphatic rings. The number of nitrogens with two attached hydrogens (primary N) is 1. The Morgan fingerprint density at radius 3 is 3.00 bits per heavy atom. The second kappa shape index (κ2) is 5.46. The number of thiocarbonyl (C=S) groups is 1. The van der Waals surface area contributed by atoms with Crippen molar-refractivity contribution >= 4 is 23.2 Å². The van der Waals surface area contributed by atoms with E-state index in [1.807, 2.05) is 36.2 Å². The summed E-state index contributed by atoms with van der Waals surface area (Å²) in [6, 6.07) is 7.62. The number of esters is 1. The first-order valence-corrected chi connectivity index (χ1v) is 6.24. The molecule has 1 fully saturated rings. The Hall–Kier alpha value is -1.46. The van der Waals surface area contributed by atoms with Crippen LogP contribution in [-0.4, -0.2) is 35.6 Å². The van der Waals surface area contributed by atoms with Crippen molar-refractivity contribution in [2.45, 2.75) is 19.0 Å². The number of nitrogens with zero attached hydrogens (tertiary/aromatic N) is 1. The number of ether oxygens (including phenoxy) is 1. The van der Waals surface area contributed by atoms with Crippen molar-refractivity contribution in [3.05, 3.63) is 35.4 Å². The largest absolute Gasteiger partial charge is 0.464 e. The van der Waals surface area contributed by atoms with E-state index in [-0.39, 0.29) is 12.0 Å². The molecule has 1 heterocycles. The molecule has 96 valence electrons. The summed E-state index contributed by atoms with van der Waals surface area (Å²) in [5, 5.41) is 0. The van der Waals surface area contributed by atoms with Gasteiger partial charge in [0.15, 0.2) is 0 Å². The monoisotopic (exact) mass is 264 g/mol. The fourth-order valence-corrected chi connectivity index (χ4v) is 2.23. The van der Waals surface area contributed by atoms with Gasteiger partial charge in [-0.1, -0.05) is 30.4 Å². The first-order valence-electron chi connectivity index (χ1n) is 5.83. The SMILES string of the molecule is CN(Cc1cccc(C(N)=S)c1)C1CCOC1=O. The molecule has 1 saturated heterocycles. The highest BCUT2D eigenvalue weighted by Gasteiger charge is 2.29. The lowest BCUT2D eigenvalue weighted by molar-refractivity contribution is -0.142. The number of hydrogen-bond acceptors (Lipinski definition) is 4. The zero-order chi connectivity index (χ0) is 13.1. The molecule has 0 saturated carbocycles. The van der Waals surface area contributed by atoms with Crippen LogP contribution in [0.3, 0.4) is 0 Å². The van der Waals surface area contributed by atoms with Gasteiger partial charge in [0.25, 0.3) is 0 Å². The van der Waals surface area contributed by atoms with Gasteiger partial charge in [0, 0.05) is 18.5 Å². The van der Waals surface area contributed by atoms with Crippen molar-refractivity contribution < 1.29 is 9.53 Å². The van der Waals surface area contributed by atoms with Gasteiger partial charge < -0.3 is 10.5 Å². The Morgan fingerprint density at radius 1 is 1.61 bits per heavy atom. The summed E-state index contributed by atoms with van der Waals surface area (Å²) < 4.78 is 4.96. The van der Waals surface area contributed by atoms with E-state index in [2.05, 4.69) is 0 Å². The molecule has 0 spiro atoms. The lowest BCUT2D eigenvalue weighted by Crippen LogP contribution is -2.34. The van der Waals surface area contributed by atoms with Crippen LogP contribution in [-0.2, 0) is 16.1 Å². The molecule has 5 heteroatoms. The Kier molecular flexibility index (Phi) is 3.93. The lowest BCUT2D eigenvalue weighted by atomic mass is 10.1. The fourth-order valence-electron chi connectivity index (χ4n) is 2.11. The third kappa shape index (κ3) is 2.86. The Morgan fingerprint density at radius 2 is 2.39 bits per heavy atom.